The molecule has 0 atom stereocenters. The summed E-state index contributed by atoms with van der Waals surface area (Å²) in [6.07, 6.45) is 1.79. The van der Waals surface area contributed by atoms with Gasteiger partial charge in [0, 0.05) is 6.54 Å². The van der Waals surface area contributed by atoms with Gasteiger partial charge in [-0.1, -0.05) is 24.9 Å². The second-order valence-electron chi connectivity index (χ2n) is 5.87. The number of hydrogen-bond donors (Lipinski definition) is 2. The van der Waals surface area contributed by atoms with Gasteiger partial charge in [-0.15, -0.1) is 0 Å². The van der Waals surface area contributed by atoms with E-state index in [0.29, 0.717) is 6.54 Å². The highest BCUT2D eigenvalue weighted by atomic mass is 35.5. The quantitative estimate of drug-likeness (QED) is 0.448. The lowest BCUT2D eigenvalue weighted by Gasteiger charge is -2.23. The summed E-state index contributed by atoms with van der Waals surface area (Å²) >= 11 is 6.05. The van der Waals surface area contributed by atoms with E-state index in [1.807, 2.05) is 6.92 Å². The Balaban J connectivity index is 2.89. The number of carbonyl (C=O) groups excluding carboxylic acids is 3. The zero-order valence-electron chi connectivity index (χ0n) is 14.4. The minimum Gasteiger partial charge on any atom is -0.465 e. The van der Waals surface area contributed by atoms with E-state index in [2.05, 4.69) is 15.4 Å². The molecule has 0 radical (unpaired) electrons. The van der Waals surface area contributed by atoms with E-state index < -0.39 is 17.3 Å². The Kier molecular flexibility index (Phi) is 7.22. The molecule has 0 heterocycles. The normalized spacial score (nSPS) is 10.9. The number of benzene rings is 1. The molecule has 6 nitrogen and oxygen atoms in total. The highest BCUT2D eigenvalue weighted by molar-refractivity contribution is 6.34. The molecule has 24 heavy (non-hydrogen) atoms. The monoisotopic (exact) mass is 354 g/mol. The van der Waals surface area contributed by atoms with E-state index in [9.17, 15) is 14.4 Å². The van der Waals surface area contributed by atoms with E-state index in [0.717, 1.165) is 12.8 Å². The molecule has 132 valence electrons. The van der Waals surface area contributed by atoms with Crippen molar-refractivity contribution < 1.29 is 19.1 Å². The lowest BCUT2D eigenvalue weighted by Crippen LogP contribution is -2.45. The number of esters is 1. The predicted molar refractivity (Wildman–Crippen MR) is 93.1 cm³/mol. The molecule has 1 aromatic rings. The lowest BCUT2D eigenvalue weighted by molar-refractivity contribution is -0.138. The van der Waals surface area contributed by atoms with Crippen LogP contribution in [0, 0.1) is 5.41 Å². The van der Waals surface area contributed by atoms with Crippen LogP contribution in [0.15, 0.2) is 18.2 Å². The molecule has 7 heteroatoms. The SMILES string of the molecule is CCCCNC(=O)C(C)(C)C(=O)Nc1cc(C(=O)OC)ccc1Cl. The fourth-order valence-electron chi connectivity index (χ4n) is 1.85. The van der Waals surface area contributed by atoms with Crippen LogP contribution in [0.3, 0.4) is 0 Å². The first kappa shape index (κ1) is 20.0. The molecular formula is C17H23ClN2O4. The Morgan fingerprint density at radius 2 is 1.88 bits per heavy atom. The van der Waals surface area contributed by atoms with Gasteiger partial charge in [-0.3, -0.25) is 9.59 Å². The van der Waals surface area contributed by atoms with Crippen molar-refractivity contribution in [3.05, 3.63) is 28.8 Å². The molecule has 0 fully saturated rings. The van der Waals surface area contributed by atoms with Crippen molar-refractivity contribution in [2.24, 2.45) is 5.41 Å². The van der Waals surface area contributed by atoms with Gasteiger partial charge in [0.15, 0.2) is 0 Å². The summed E-state index contributed by atoms with van der Waals surface area (Å²) in [5.74, 6) is -1.42. The molecule has 0 aromatic heterocycles. The van der Waals surface area contributed by atoms with Crippen LogP contribution in [-0.4, -0.2) is 31.4 Å². The summed E-state index contributed by atoms with van der Waals surface area (Å²) in [6, 6.07) is 4.39. The first-order valence-corrected chi connectivity index (χ1v) is 8.09. The van der Waals surface area contributed by atoms with E-state index in [1.165, 1.54) is 39.2 Å². The van der Waals surface area contributed by atoms with Crippen molar-refractivity contribution in [1.29, 1.82) is 0 Å². The topological polar surface area (TPSA) is 84.5 Å². The van der Waals surface area contributed by atoms with Crippen LogP contribution in [0.25, 0.3) is 0 Å². The maximum absolute atomic E-state index is 12.5. The van der Waals surface area contributed by atoms with Gasteiger partial charge in [-0.25, -0.2) is 4.79 Å². The van der Waals surface area contributed by atoms with E-state index in [-0.39, 0.29) is 22.2 Å². The largest absolute Gasteiger partial charge is 0.465 e. The Labute approximate surface area is 146 Å². The molecule has 2 amide bonds. The number of unbranched alkanes of at least 4 members (excludes halogenated alkanes) is 1. The van der Waals surface area contributed by atoms with Gasteiger partial charge in [-0.05, 0) is 38.5 Å². The second kappa shape index (κ2) is 8.68. The Bertz CT molecular complexity index is 629. The maximum atomic E-state index is 12.5. The van der Waals surface area contributed by atoms with Crippen LogP contribution in [0.4, 0.5) is 5.69 Å². The number of hydrogen-bond acceptors (Lipinski definition) is 4. The highest BCUT2D eigenvalue weighted by Gasteiger charge is 2.36. The van der Waals surface area contributed by atoms with Gasteiger partial charge < -0.3 is 15.4 Å². The van der Waals surface area contributed by atoms with Crippen molar-refractivity contribution in [3.8, 4) is 0 Å². The average Bonchev–Trinajstić information content (AvgIpc) is 2.55. The number of amides is 2. The van der Waals surface area contributed by atoms with Crippen LogP contribution in [0.5, 0.6) is 0 Å². The molecule has 1 rings (SSSR count). The smallest absolute Gasteiger partial charge is 0.337 e. The van der Waals surface area contributed by atoms with Gasteiger partial charge in [-0.2, -0.15) is 0 Å². The van der Waals surface area contributed by atoms with Gasteiger partial charge in [0.25, 0.3) is 0 Å². The molecule has 0 aliphatic heterocycles. The first-order chi connectivity index (χ1) is 11.2. The summed E-state index contributed by atoms with van der Waals surface area (Å²) in [5.41, 5.74) is -0.778. The van der Waals surface area contributed by atoms with Gasteiger partial charge in [0.2, 0.25) is 11.8 Å². The Morgan fingerprint density at radius 3 is 2.46 bits per heavy atom. The average molecular weight is 355 g/mol. The zero-order valence-corrected chi connectivity index (χ0v) is 15.1. The summed E-state index contributed by atoms with van der Waals surface area (Å²) in [4.78, 5) is 36.2. The number of halogens is 1. The second-order valence-corrected chi connectivity index (χ2v) is 6.28. The standard InChI is InChI=1S/C17H23ClN2O4/c1-5-6-9-19-15(22)17(2,3)16(23)20-13-10-11(14(21)24-4)7-8-12(13)18/h7-8,10H,5-6,9H2,1-4H3,(H,19,22)(H,20,23). The maximum Gasteiger partial charge on any atom is 0.337 e. The molecule has 2 N–H and O–H groups in total. The Morgan fingerprint density at radius 1 is 1.21 bits per heavy atom. The van der Waals surface area contributed by atoms with Crippen LogP contribution in [0.1, 0.15) is 44.0 Å². The summed E-state index contributed by atoms with van der Waals surface area (Å²) < 4.78 is 4.64. The lowest BCUT2D eigenvalue weighted by atomic mass is 9.91. The third-order valence-corrected chi connectivity index (χ3v) is 3.92. The third kappa shape index (κ3) is 4.96. The zero-order chi connectivity index (χ0) is 18.3. The summed E-state index contributed by atoms with van der Waals surface area (Å²) in [5, 5.41) is 5.60. The number of rotatable bonds is 7. The number of ether oxygens (including phenoxy) is 1. The Hall–Kier alpha value is -2.08. The molecule has 0 saturated heterocycles. The van der Waals surface area contributed by atoms with Crippen molar-refractivity contribution >= 4 is 35.1 Å². The first-order valence-electron chi connectivity index (χ1n) is 7.71. The van der Waals surface area contributed by atoms with Crippen molar-refractivity contribution in [2.45, 2.75) is 33.6 Å². The fourth-order valence-corrected chi connectivity index (χ4v) is 2.01. The van der Waals surface area contributed by atoms with Crippen LogP contribution < -0.4 is 10.6 Å². The van der Waals surface area contributed by atoms with Crippen LogP contribution in [0.2, 0.25) is 5.02 Å². The molecule has 0 bridgehead atoms. The van der Waals surface area contributed by atoms with E-state index >= 15 is 0 Å². The van der Waals surface area contributed by atoms with Gasteiger partial charge in [0.05, 0.1) is 23.4 Å². The predicted octanol–water partition coefficient (Wildman–Crippen LogP) is 3.01. The molecule has 0 aliphatic rings. The van der Waals surface area contributed by atoms with E-state index in [1.54, 1.807) is 0 Å². The number of nitrogens with one attached hydrogen (secondary N) is 2. The number of anilines is 1. The highest BCUT2D eigenvalue weighted by Crippen LogP contribution is 2.26. The van der Waals surface area contributed by atoms with Crippen LogP contribution in [-0.2, 0) is 14.3 Å². The number of carbonyl (C=O) groups is 3. The van der Waals surface area contributed by atoms with Crippen molar-refractivity contribution in [3.63, 3.8) is 0 Å². The van der Waals surface area contributed by atoms with Crippen molar-refractivity contribution in [2.75, 3.05) is 19.0 Å². The van der Waals surface area contributed by atoms with E-state index in [4.69, 9.17) is 11.6 Å². The van der Waals surface area contributed by atoms with Gasteiger partial charge in [0.1, 0.15) is 5.41 Å². The minimum atomic E-state index is -1.28. The molecule has 0 saturated carbocycles. The van der Waals surface area contributed by atoms with Crippen LogP contribution >= 0.6 is 11.6 Å². The fraction of sp³-hybridized carbons (Fsp3) is 0.471. The van der Waals surface area contributed by atoms with Gasteiger partial charge >= 0.3 is 5.97 Å². The molecule has 1 aromatic carbocycles. The molecule has 0 unspecified atom stereocenters. The summed E-state index contributed by atoms with van der Waals surface area (Å²) in [6.45, 7) is 5.59. The summed E-state index contributed by atoms with van der Waals surface area (Å²) in [7, 11) is 1.26. The molecular weight excluding hydrogens is 332 g/mol. The number of methoxy groups -OCH3 is 1. The molecule has 0 spiro atoms. The van der Waals surface area contributed by atoms with Crippen molar-refractivity contribution in [1.82, 2.24) is 5.32 Å². The minimum absolute atomic E-state index is 0.249. The third-order valence-electron chi connectivity index (χ3n) is 3.59. The molecule has 0 aliphatic carbocycles.